The Kier molecular flexibility index (Phi) is 6.47. The van der Waals surface area contributed by atoms with Crippen LogP contribution in [0.2, 0.25) is 5.02 Å². The van der Waals surface area contributed by atoms with Gasteiger partial charge in [-0.2, -0.15) is 5.10 Å². The summed E-state index contributed by atoms with van der Waals surface area (Å²) in [5, 5.41) is 19.5. The molecule has 2 aliphatic heterocycles. The summed E-state index contributed by atoms with van der Waals surface area (Å²) in [5.74, 6) is 0.879. The van der Waals surface area contributed by atoms with Crippen molar-refractivity contribution in [3.05, 3.63) is 40.7 Å². The lowest BCUT2D eigenvalue weighted by Gasteiger charge is -2.45. The molecule has 4 heterocycles. The first-order valence-corrected chi connectivity index (χ1v) is 12.8. The van der Waals surface area contributed by atoms with Crippen molar-refractivity contribution in [2.24, 2.45) is 7.05 Å². The highest BCUT2D eigenvalue weighted by atomic mass is 35.5. The molecule has 3 aromatic rings. The highest BCUT2D eigenvalue weighted by molar-refractivity contribution is 6.32. The van der Waals surface area contributed by atoms with Gasteiger partial charge in [-0.05, 0) is 37.6 Å². The van der Waals surface area contributed by atoms with Gasteiger partial charge in [0.25, 0.3) is 0 Å². The average Bonchev–Trinajstić information content (AvgIpc) is 3.36. The third kappa shape index (κ3) is 4.58. The number of aromatic nitrogens is 4. The van der Waals surface area contributed by atoms with E-state index in [2.05, 4.69) is 36.2 Å². The molecular formula is C26H34ClFN6O2. The van der Waals surface area contributed by atoms with E-state index in [0.717, 1.165) is 22.5 Å². The summed E-state index contributed by atoms with van der Waals surface area (Å²) in [4.78, 5) is 11.2. The number of aliphatic hydroxyl groups excluding tert-OH is 1. The van der Waals surface area contributed by atoms with Crippen LogP contribution in [0.4, 0.5) is 16.2 Å². The monoisotopic (exact) mass is 516 g/mol. The van der Waals surface area contributed by atoms with Crippen LogP contribution < -0.4 is 5.32 Å². The number of alkyl halides is 1. The molecule has 194 valence electrons. The van der Waals surface area contributed by atoms with E-state index in [1.807, 2.05) is 37.1 Å². The first-order chi connectivity index (χ1) is 17.0. The fraction of sp³-hybridized carbons (Fsp3) is 0.577. The number of nitrogens with zero attached hydrogens (tertiary/aromatic N) is 5. The molecule has 4 atom stereocenters. The van der Waals surface area contributed by atoms with Gasteiger partial charge in [-0.3, -0.25) is 9.58 Å². The van der Waals surface area contributed by atoms with Crippen LogP contribution in [0.1, 0.15) is 51.3 Å². The summed E-state index contributed by atoms with van der Waals surface area (Å²) in [6.45, 7) is 9.86. The van der Waals surface area contributed by atoms with Crippen molar-refractivity contribution in [2.45, 2.75) is 63.3 Å². The Morgan fingerprint density at radius 1 is 1.28 bits per heavy atom. The Hall–Kier alpha value is -2.33. The number of benzene rings is 1. The molecule has 2 saturated heterocycles. The molecule has 2 aromatic heterocycles. The first-order valence-electron chi connectivity index (χ1n) is 12.4. The van der Waals surface area contributed by atoms with Gasteiger partial charge in [0.05, 0.1) is 36.1 Å². The number of halogens is 2. The lowest BCUT2D eigenvalue weighted by molar-refractivity contribution is -0.0237. The highest BCUT2D eigenvalue weighted by Gasteiger charge is 2.47. The SMILES string of the molecule is Cn1nc(C(C)(C)C)cc1Nc1ncc2cc(Cl)c([C@@H]3CCN([C@@]4(C)COC[C@H]4O)C[C@H]3F)cc2n1. The van der Waals surface area contributed by atoms with E-state index in [9.17, 15) is 5.11 Å². The minimum absolute atomic E-state index is 0.0770. The maximum atomic E-state index is 15.5. The van der Waals surface area contributed by atoms with Gasteiger partial charge in [0.15, 0.2) is 0 Å². The summed E-state index contributed by atoms with van der Waals surface area (Å²) in [7, 11) is 1.88. The van der Waals surface area contributed by atoms with Crippen molar-refractivity contribution >= 4 is 34.3 Å². The molecule has 0 unspecified atom stereocenters. The van der Waals surface area contributed by atoms with Crippen LogP contribution in [0, 0.1) is 0 Å². The number of nitrogens with one attached hydrogen (secondary N) is 1. The van der Waals surface area contributed by atoms with Crippen LogP contribution >= 0.6 is 11.6 Å². The molecule has 36 heavy (non-hydrogen) atoms. The Labute approximate surface area is 215 Å². The van der Waals surface area contributed by atoms with E-state index >= 15 is 4.39 Å². The third-order valence-electron chi connectivity index (χ3n) is 7.64. The van der Waals surface area contributed by atoms with Gasteiger partial charge in [-0.25, -0.2) is 14.4 Å². The molecule has 8 nitrogen and oxygen atoms in total. The topological polar surface area (TPSA) is 88.3 Å². The molecule has 0 spiro atoms. The number of ether oxygens (including phenoxy) is 1. The van der Waals surface area contributed by atoms with Crippen LogP contribution in [0.3, 0.4) is 0 Å². The van der Waals surface area contributed by atoms with E-state index in [4.69, 9.17) is 21.3 Å². The normalized spacial score (nSPS) is 27.6. The lowest BCUT2D eigenvalue weighted by atomic mass is 9.84. The molecule has 5 rings (SSSR count). The Morgan fingerprint density at radius 3 is 2.69 bits per heavy atom. The number of rotatable bonds is 4. The first kappa shape index (κ1) is 25.3. The largest absolute Gasteiger partial charge is 0.389 e. The van der Waals surface area contributed by atoms with Crippen molar-refractivity contribution in [1.29, 1.82) is 0 Å². The van der Waals surface area contributed by atoms with Crippen molar-refractivity contribution in [1.82, 2.24) is 24.6 Å². The number of hydrogen-bond donors (Lipinski definition) is 2. The minimum Gasteiger partial charge on any atom is -0.389 e. The number of anilines is 2. The molecule has 2 aliphatic rings. The van der Waals surface area contributed by atoms with Crippen molar-refractivity contribution < 1.29 is 14.2 Å². The second kappa shape index (κ2) is 9.20. The van der Waals surface area contributed by atoms with Crippen molar-refractivity contribution in [3.8, 4) is 0 Å². The predicted molar refractivity (Wildman–Crippen MR) is 139 cm³/mol. The van der Waals surface area contributed by atoms with Gasteiger partial charge in [0, 0.05) is 47.6 Å². The van der Waals surface area contributed by atoms with Gasteiger partial charge < -0.3 is 15.2 Å². The van der Waals surface area contributed by atoms with Crippen molar-refractivity contribution in [3.63, 3.8) is 0 Å². The highest BCUT2D eigenvalue weighted by Crippen LogP contribution is 2.39. The summed E-state index contributed by atoms with van der Waals surface area (Å²) < 4.78 is 22.8. The van der Waals surface area contributed by atoms with Crippen LogP contribution in [0.5, 0.6) is 0 Å². The fourth-order valence-electron chi connectivity index (χ4n) is 5.15. The molecule has 0 amide bonds. The van der Waals surface area contributed by atoms with Gasteiger partial charge in [0.2, 0.25) is 5.95 Å². The zero-order valence-corrected chi connectivity index (χ0v) is 22.2. The molecule has 1 aromatic carbocycles. The maximum absolute atomic E-state index is 15.5. The Balaban J connectivity index is 1.39. The fourth-order valence-corrected chi connectivity index (χ4v) is 5.46. The second-order valence-electron chi connectivity index (χ2n) is 11.3. The number of likely N-dealkylation sites (tertiary alicyclic amines) is 1. The molecule has 0 saturated carbocycles. The van der Waals surface area contributed by atoms with E-state index in [0.29, 0.717) is 36.1 Å². The number of piperidine rings is 1. The molecule has 10 heteroatoms. The zero-order chi connectivity index (χ0) is 25.8. The standard InChI is InChI=1S/C26H34ClFN6O2/c1-25(2,3)21-10-23(33(5)32-21)31-24-29-11-15-8-18(27)17(9-20(15)30-24)16-6-7-34(12-19(16)28)26(4)14-36-13-22(26)35/h8-11,16,19,22,35H,6-7,12-14H2,1-5H3,(H,29,30,31)/t16-,19+,22+,26-/m0/s1. The molecule has 0 aliphatic carbocycles. The predicted octanol–water partition coefficient (Wildman–Crippen LogP) is 4.34. The number of aryl methyl sites for hydroxylation is 1. The van der Waals surface area contributed by atoms with E-state index in [-0.39, 0.29) is 24.5 Å². The molecular weight excluding hydrogens is 483 g/mol. The molecule has 2 N–H and O–H groups in total. The van der Waals surface area contributed by atoms with Crippen LogP contribution in [-0.2, 0) is 17.2 Å². The zero-order valence-electron chi connectivity index (χ0n) is 21.4. The summed E-state index contributed by atoms with van der Waals surface area (Å²) in [6.07, 6.45) is 0.574. The summed E-state index contributed by atoms with van der Waals surface area (Å²) in [6, 6.07) is 5.69. The van der Waals surface area contributed by atoms with E-state index in [1.165, 1.54) is 0 Å². The van der Waals surface area contributed by atoms with Crippen LogP contribution in [0.25, 0.3) is 10.9 Å². The van der Waals surface area contributed by atoms with Gasteiger partial charge in [0.1, 0.15) is 12.0 Å². The van der Waals surface area contributed by atoms with Crippen LogP contribution in [-0.4, -0.2) is 73.9 Å². The second-order valence-corrected chi connectivity index (χ2v) is 11.7. The summed E-state index contributed by atoms with van der Waals surface area (Å²) in [5.41, 5.74) is 1.78. The quantitative estimate of drug-likeness (QED) is 0.533. The smallest absolute Gasteiger partial charge is 0.228 e. The number of fused-ring (bicyclic) bond motifs is 1. The Bertz CT molecular complexity index is 1280. The molecule has 2 fully saturated rings. The Morgan fingerprint density at radius 2 is 2.06 bits per heavy atom. The van der Waals surface area contributed by atoms with Gasteiger partial charge in [-0.1, -0.05) is 32.4 Å². The number of aliphatic hydroxyl groups is 1. The molecule has 0 radical (unpaired) electrons. The maximum Gasteiger partial charge on any atom is 0.228 e. The molecule has 0 bridgehead atoms. The van der Waals surface area contributed by atoms with E-state index in [1.54, 1.807) is 10.9 Å². The number of hydrogen-bond acceptors (Lipinski definition) is 7. The van der Waals surface area contributed by atoms with Crippen molar-refractivity contribution in [2.75, 3.05) is 31.6 Å². The van der Waals surface area contributed by atoms with Gasteiger partial charge >= 0.3 is 0 Å². The lowest BCUT2D eigenvalue weighted by Crippen LogP contribution is -2.58. The van der Waals surface area contributed by atoms with Gasteiger partial charge in [-0.15, -0.1) is 0 Å². The third-order valence-corrected chi connectivity index (χ3v) is 7.96. The summed E-state index contributed by atoms with van der Waals surface area (Å²) >= 11 is 6.63. The van der Waals surface area contributed by atoms with Crippen LogP contribution in [0.15, 0.2) is 24.4 Å². The minimum atomic E-state index is -1.12. The average molecular weight is 517 g/mol. The van der Waals surface area contributed by atoms with E-state index < -0.39 is 17.8 Å².